The molecule has 1 aliphatic rings. The largest absolute Gasteiger partial charge is 0.371 e. The molecular formula is C25H29N7O3. The Morgan fingerprint density at radius 3 is 2.57 bits per heavy atom. The van der Waals surface area contributed by atoms with Gasteiger partial charge in [0.1, 0.15) is 11.5 Å². The number of carbonyl (C=O) groups is 1. The summed E-state index contributed by atoms with van der Waals surface area (Å²) in [5.74, 6) is 0.473. The van der Waals surface area contributed by atoms with E-state index in [4.69, 9.17) is 0 Å². The molecule has 35 heavy (non-hydrogen) atoms. The fraction of sp³-hybridized carbons (Fsp3) is 0.320. The highest BCUT2D eigenvalue weighted by Crippen LogP contribution is 2.29. The Morgan fingerprint density at radius 2 is 1.86 bits per heavy atom. The minimum absolute atomic E-state index is 0.167. The van der Waals surface area contributed by atoms with Crippen molar-refractivity contribution in [3.05, 3.63) is 87.9 Å². The monoisotopic (exact) mass is 475 g/mol. The summed E-state index contributed by atoms with van der Waals surface area (Å²) in [5.41, 5.74) is 2.05. The standard InChI is InChI=1S/C25H29N7O3/c1-18(21-7-3-4-10-26-21)29-22-9-8-19(16-23(22)32(34)35)25(33)28-17-20-6-5-11-27-24(20)31-14-12-30(2)13-15-31/h3-11,16,18,29H,12-15,17H2,1-2H3,(H,28,33). The highest BCUT2D eigenvalue weighted by Gasteiger charge is 2.21. The van der Waals surface area contributed by atoms with Crippen LogP contribution in [0.15, 0.2) is 60.9 Å². The lowest BCUT2D eigenvalue weighted by Crippen LogP contribution is -2.45. The average Bonchev–Trinajstić information content (AvgIpc) is 2.88. The number of rotatable bonds is 8. The smallest absolute Gasteiger partial charge is 0.293 e. The van der Waals surface area contributed by atoms with E-state index < -0.39 is 4.92 Å². The van der Waals surface area contributed by atoms with Gasteiger partial charge in [0.15, 0.2) is 0 Å². The van der Waals surface area contributed by atoms with E-state index in [1.165, 1.54) is 6.07 Å². The molecule has 1 atom stereocenters. The highest BCUT2D eigenvalue weighted by molar-refractivity contribution is 5.95. The summed E-state index contributed by atoms with van der Waals surface area (Å²) in [5, 5.41) is 17.8. The van der Waals surface area contributed by atoms with Gasteiger partial charge in [0.05, 0.1) is 16.7 Å². The Bertz CT molecular complexity index is 1180. The van der Waals surface area contributed by atoms with E-state index in [1.807, 2.05) is 37.3 Å². The summed E-state index contributed by atoms with van der Waals surface area (Å²) >= 11 is 0. The molecule has 1 fully saturated rings. The molecule has 1 unspecified atom stereocenters. The van der Waals surface area contributed by atoms with Gasteiger partial charge in [0.2, 0.25) is 0 Å². The second-order valence-electron chi connectivity index (χ2n) is 8.57. The second-order valence-corrected chi connectivity index (χ2v) is 8.57. The van der Waals surface area contributed by atoms with Crippen LogP contribution in [0.3, 0.4) is 0 Å². The molecule has 2 N–H and O–H groups in total. The maximum absolute atomic E-state index is 12.9. The number of nitrogens with zero attached hydrogens (tertiary/aromatic N) is 5. The third kappa shape index (κ3) is 5.90. The number of nitrogens with one attached hydrogen (secondary N) is 2. The first kappa shape index (κ1) is 24.1. The Hall–Kier alpha value is -4.05. The molecule has 0 saturated carbocycles. The molecule has 10 nitrogen and oxygen atoms in total. The molecule has 0 bridgehead atoms. The first-order chi connectivity index (χ1) is 16.9. The van der Waals surface area contributed by atoms with Gasteiger partial charge in [-0.15, -0.1) is 0 Å². The number of nitro groups is 1. The topological polar surface area (TPSA) is 117 Å². The molecule has 3 heterocycles. The number of amides is 1. The first-order valence-corrected chi connectivity index (χ1v) is 11.5. The van der Waals surface area contributed by atoms with Gasteiger partial charge in [-0.3, -0.25) is 19.9 Å². The molecule has 4 rings (SSSR count). The van der Waals surface area contributed by atoms with Crippen molar-refractivity contribution in [2.75, 3.05) is 43.4 Å². The van der Waals surface area contributed by atoms with Crippen LogP contribution in [0.1, 0.15) is 34.6 Å². The summed E-state index contributed by atoms with van der Waals surface area (Å²) in [7, 11) is 2.09. The quantitative estimate of drug-likeness (QED) is 0.377. The van der Waals surface area contributed by atoms with Crippen LogP contribution in [0.25, 0.3) is 0 Å². The number of nitro benzene ring substituents is 1. The van der Waals surface area contributed by atoms with Crippen LogP contribution < -0.4 is 15.5 Å². The van der Waals surface area contributed by atoms with Crippen LogP contribution in [-0.2, 0) is 6.54 Å². The lowest BCUT2D eigenvalue weighted by atomic mass is 10.1. The summed E-state index contributed by atoms with van der Waals surface area (Å²) in [6.45, 7) is 5.78. The molecule has 1 aromatic carbocycles. The lowest BCUT2D eigenvalue weighted by Gasteiger charge is -2.34. The number of anilines is 2. The molecule has 1 aliphatic heterocycles. The van der Waals surface area contributed by atoms with E-state index in [9.17, 15) is 14.9 Å². The maximum atomic E-state index is 12.9. The zero-order chi connectivity index (χ0) is 24.8. The second kappa shape index (κ2) is 10.9. The van der Waals surface area contributed by atoms with E-state index in [0.717, 1.165) is 43.3 Å². The number of piperazine rings is 1. The number of hydrogen-bond donors (Lipinski definition) is 2. The van der Waals surface area contributed by atoms with Crippen molar-refractivity contribution in [1.82, 2.24) is 20.2 Å². The van der Waals surface area contributed by atoms with Gasteiger partial charge in [-0.25, -0.2) is 4.98 Å². The summed E-state index contributed by atoms with van der Waals surface area (Å²) in [4.78, 5) is 37.4. The van der Waals surface area contributed by atoms with Crippen molar-refractivity contribution >= 4 is 23.1 Å². The minimum Gasteiger partial charge on any atom is -0.371 e. The zero-order valence-corrected chi connectivity index (χ0v) is 19.8. The summed E-state index contributed by atoms with van der Waals surface area (Å²) < 4.78 is 0. The summed E-state index contributed by atoms with van der Waals surface area (Å²) in [6, 6.07) is 13.5. The van der Waals surface area contributed by atoms with Gasteiger partial charge in [-0.2, -0.15) is 0 Å². The first-order valence-electron chi connectivity index (χ1n) is 11.5. The van der Waals surface area contributed by atoms with E-state index >= 15 is 0 Å². The van der Waals surface area contributed by atoms with Gasteiger partial charge in [0.25, 0.3) is 11.6 Å². The van der Waals surface area contributed by atoms with Crippen LogP contribution in [-0.4, -0.2) is 58.9 Å². The van der Waals surface area contributed by atoms with Gasteiger partial charge in [-0.1, -0.05) is 12.1 Å². The predicted octanol–water partition coefficient (Wildman–Crippen LogP) is 3.24. The molecule has 1 amide bonds. The van der Waals surface area contributed by atoms with E-state index in [0.29, 0.717) is 5.69 Å². The molecule has 0 radical (unpaired) electrons. The van der Waals surface area contributed by atoms with Crippen LogP contribution in [0.2, 0.25) is 0 Å². The molecule has 0 spiro atoms. The van der Waals surface area contributed by atoms with Crippen LogP contribution in [0.5, 0.6) is 0 Å². The van der Waals surface area contributed by atoms with Crippen molar-refractivity contribution in [3.8, 4) is 0 Å². The molecule has 1 saturated heterocycles. The fourth-order valence-electron chi connectivity index (χ4n) is 4.03. The Morgan fingerprint density at radius 1 is 1.09 bits per heavy atom. The molecule has 2 aromatic heterocycles. The van der Waals surface area contributed by atoms with E-state index in [1.54, 1.807) is 24.5 Å². The van der Waals surface area contributed by atoms with Crippen molar-refractivity contribution in [2.45, 2.75) is 19.5 Å². The van der Waals surface area contributed by atoms with Crippen molar-refractivity contribution in [2.24, 2.45) is 0 Å². The number of benzene rings is 1. The molecule has 10 heteroatoms. The normalized spacial score (nSPS) is 14.9. The van der Waals surface area contributed by atoms with Gasteiger partial charge >= 0.3 is 0 Å². The van der Waals surface area contributed by atoms with Crippen molar-refractivity contribution < 1.29 is 9.72 Å². The van der Waals surface area contributed by atoms with Crippen molar-refractivity contribution in [1.29, 1.82) is 0 Å². The predicted molar refractivity (Wildman–Crippen MR) is 134 cm³/mol. The third-order valence-corrected chi connectivity index (χ3v) is 6.07. The highest BCUT2D eigenvalue weighted by atomic mass is 16.6. The Kier molecular flexibility index (Phi) is 7.51. The number of carbonyl (C=O) groups excluding carboxylic acids is 1. The molecular weight excluding hydrogens is 446 g/mol. The average molecular weight is 476 g/mol. The van der Waals surface area contributed by atoms with Gasteiger partial charge in [-0.05, 0) is 44.3 Å². The number of likely N-dealkylation sites (N-methyl/N-ethyl adjacent to an activating group) is 1. The van der Waals surface area contributed by atoms with Gasteiger partial charge in [0, 0.05) is 62.3 Å². The Labute approximate surface area is 204 Å². The molecule has 0 aliphatic carbocycles. The van der Waals surface area contributed by atoms with E-state index in [-0.39, 0.29) is 29.7 Å². The number of pyridine rings is 2. The molecule has 182 valence electrons. The molecule has 3 aromatic rings. The van der Waals surface area contributed by atoms with Crippen LogP contribution in [0, 0.1) is 10.1 Å². The van der Waals surface area contributed by atoms with Gasteiger partial charge < -0.3 is 20.4 Å². The fourth-order valence-corrected chi connectivity index (χ4v) is 4.03. The number of aromatic nitrogens is 2. The van der Waals surface area contributed by atoms with Crippen molar-refractivity contribution in [3.63, 3.8) is 0 Å². The minimum atomic E-state index is -0.489. The Balaban J connectivity index is 1.46. The lowest BCUT2D eigenvalue weighted by molar-refractivity contribution is -0.384. The van der Waals surface area contributed by atoms with Crippen LogP contribution in [0.4, 0.5) is 17.2 Å². The SMILES string of the molecule is CC(Nc1ccc(C(=O)NCc2cccnc2N2CCN(C)CC2)cc1[N+](=O)[O-])c1ccccn1. The third-order valence-electron chi connectivity index (χ3n) is 6.07. The zero-order valence-electron chi connectivity index (χ0n) is 19.8. The summed E-state index contributed by atoms with van der Waals surface area (Å²) in [6.07, 6.45) is 3.42. The maximum Gasteiger partial charge on any atom is 0.293 e. The van der Waals surface area contributed by atoms with Crippen LogP contribution >= 0.6 is 0 Å². The number of hydrogen-bond acceptors (Lipinski definition) is 8. The van der Waals surface area contributed by atoms with E-state index in [2.05, 4.69) is 37.4 Å².